The van der Waals surface area contributed by atoms with E-state index in [-0.39, 0.29) is 37.3 Å². The van der Waals surface area contributed by atoms with Crippen molar-refractivity contribution in [1.82, 2.24) is 15.2 Å². The fraction of sp³-hybridized carbons (Fsp3) is 0.114. The van der Waals surface area contributed by atoms with Crippen molar-refractivity contribution >= 4 is 41.2 Å². The molecule has 6 rings (SSSR count). The van der Waals surface area contributed by atoms with Gasteiger partial charge in [-0.1, -0.05) is 84.9 Å². The number of carbonyl (C=O) groups is 6. The highest BCUT2D eigenvalue weighted by Gasteiger charge is 2.37. The second-order valence-corrected chi connectivity index (χ2v) is 10.0. The number of benzene rings is 4. The van der Waals surface area contributed by atoms with Crippen LogP contribution in [-0.2, 0) is 4.74 Å². The number of ether oxygens (including phenoxy) is 1. The number of fused-ring (bicyclic) bond motifs is 2. The Bertz CT molecular complexity index is 1790. The van der Waals surface area contributed by atoms with E-state index in [2.05, 4.69) is 10.5 Å². The molecule has 0 saturated heterocycles. The summed E-state index contributed by atoms with van der Waals surface area (Å²) in [5.74, 6) is -1.83. The van der Waals surface area contributed by atoms with E-state index < -0.39 is 17.9 Å². The van der Waals surface area contributed by atoms with E-state index in [1.165, 1.54) is 0 Å². The van der Waals surface area contributed by atoms with Gasteiger partial charge in [-0.15, -0.1) is 0 Å². The Labute approximate surface area is 264 Å². The molecule has 230 valence electrons. The van der Waals surface area contributed by atoms with E-state index in [1.807, 2.05) is 6.07 Å². The lowest BCUT2D eigenvalue weighted by molar-refractivity contribution is 0.0622. The largest absolute Gasteiger partial charge is 0.449 e. The summed E-state index contributed by atoms with van der Waals surface area (Å²) in [7, 11) is 0. The molecule has 0 atom stereocenters. The van der Waals surface area contributed by atoms with Gasteiger partial charge in [-0.25, -0.2) is 10.2 Å². The van der Waals surface area contributed by atoms with Crippen molar-refractivity contribution < 1.29 is 33.5 Å². The summed E-state index contributed by atoms with van der Waals surface area (Å²) in [6.07, 6.45) is -0.705. The fourth-order valence-corrected chi connectivity index (χ4v) is 4.87. The maximum Gasteiger partial charge on any atom is 0.427 e. The number of imide groups is 2. The first kappa shape index (κ1) is 31.2. The van der Waals surface area contributed by atoms with Gasteiger partial charge in [0.2, 0.25) is 0 Å². The molecule has 2 aliphatic rings. The average molecular weight is 617 g/mol. The van der Waals surface area contributed by atoms with E-state index in [0.29, 0.717) is 39.1 Å². The van der Waals surface area contributed by atoms with Gasteiger partial charge in [-0.05, 0) is 36.8 Å². The first-order chi connectivity index (χ1) is 22.3. The van der Waals surface area contributed by atoms with Crippen LogP contribution < -0.4 is 5.43 Å². The number of hydrogen-bond acceptors (Lipinski definition) is 8. The molecule has 0 bridgehead atoms. The fourth-order valence-electron chi connectivity index (χ4n) is 4.87. The monoisotopic (exact) mass is 616 g/mol. The number of hydrazone groups is 1. The van der Waals surface area contributed by atoms with Gasteiger partial charge >= 0.3 is 6.09 Å². The van der Waals surface area contributed by atoms with Gasteiger partial charge < -0.3 is 4.74 Å². The zero-order chi connectivity index (χ0) is 32.6. The van der Waals surface area contributed by atoms with Gasteiger partial charge in [0.1, 0.15) is 0 Å². The third-order valence-electron chi connectivity index (χ3n) is 7.13. The van der Waals surface area contributed by atoms with Crippen molar-refractivity contribution in [3.63, 3.8) is 0 Å². The van der Waals surface area contributed by atoms with Crippen molar-refractivity contribution in [1.29, 1.82) is 0 Å². The van der Waals surface area contributed by atoms with E-state index in [1.54, 1.807) is 110 Å². The lowest BCUT2D eigenvalue weighted by Crippen LogP contribution is -2.36. The topological polar surface area (TPSA) is 143 Å². The number of ketones is 1. The molecule has 0 fully saturated rings. The number of hydrogen-bond donors (Lipinski definition) is 1. The van der Waals surface area contributed by atoms with Crippen LogP contribution >= 0.6 is 0 Å². The van der Waals surface area contributed by atoms with Gasteiger partial charge in [0.15, 0.2) is 5.78 Å². The van der Waals surface area contributed by atoms with Gasteiger partial charge in [-0.2, -0.15) is 5.10 Å². The number of rotatable bonds is 8. The van der Waals surface area contributed by atoms with Crippen molar-refractivity contribution in [2.24, 2.45) is 5.10 Å². The van der Waals surface area contributed by atoms with Gasteiger partial charge in [0.25, 0.3) is 23.6 Å². The Hall–Kier alpha value is -6.23. The maximum atomic E-state index is 12.6. The predicted octanol–water partition coefficient (Wildman–Crippen LogP) is 4.60. The van der Waals surface area contributed by atoms with Crippen LogP contribution in [0.15, 0.2) is 114 Å². The first-order valence-corrected chi connectivity index (χ1v) is 14.3. The van der Waals surface area contributed by atoms with Crippen LogP contribution in [0.1, 0.15) is 64.3 Å². The van der Waals surface area contributed by atoms with Crippen molar-refractivity contribution in [3.8, 4) is 0 Å². The minimum Gasteiger partial charge on any atom is -0.449 e. The first-order valence-electron chi connectivity index (χ1n) is 14.3. The summed E-state index contributed by atoms with van der Waals surface area (Å²) in [6, 6.07) is 30.9. The molecule has 0 saturated carbocycles. The Morgan fingerprint density at radius 3 is 1.41 bits per heavy atom. The second-order valence-electron chi connectivity index (χ2n) is 10.0. The number of nitrogens with one attached hydrogen (secondary N) is 1. The SMILES string of the molecule is CCOC(=O)NN=C(CN1C(=O)c2ccccc2C1=O)c1ccccc1.O=C(CN1C(=O)c2ccccc2C1=O)c1ccccc1. The van der Waals surface area contributed by atoms with Gasteiger partial charge in [-0.3, -0.25) is 33.8 Å². The predicted molar refractivity (Wildman–Crippen MR) is 168 cm³/mol. The second kappa shape index (κ2) is 14.0. The molecule has 2 aliphatic heterocycles. The quantitative estimate of drug-likeness (QED) is 0.132. The summed E-state index contributed by atoms with van der Waals surface area (Å²) >= 11 is 0. The maximum absolute atomic E-state index is 12.6. The molecule has 11 nitrogen and oxygen atoms in total. The standard InChI is InChI=1S/C19H17N3O4.C16H11NO3/c1-2-26-19(25)21-20-16(13-8-4-3-5-9-13)12-22-17(23)14-10-6-7-11-15(14)18(22)24;18-14(11-6-2-1-3-7-11)10-17-15(19)12-8-4-5-9-13(12)16(17)20/h3-11H,2,12H2,1H3,(H,21,25);1-9H,10H2. The van der Waals surface area contributed by atoms with Gasteiger partial charge in [0.05, 0.1) is 47.7 Å². The molecule has 0 radical (unpaired) electrons. The molecule has 0 aliphatic carbocycles. The molecule has 0 spiro atoms. The summed E-state index contributed by atoms with van der Waals surface area (Å²) in [5, 5.41) is 4.05. The smallest absolute Gasteiger partial charge is 0.427 e. The Morgan fingerprint density at radius 2 is 0.978 bits per heavy atom. The van der Waals surface area contributed by atoms with Crippen LogP contribution in [0.4, 0.5) is 4.79 Å². The highest BCUT2D eigenvalue weighted by molar-refractivity contribution is 6.24. The third kappa shape index (κ3) is 6.63. The minimum atomic E-state index is -0.705. The van der Waals surface area contributed by atoms with Crippen molar-refractivity contribution in [2.45, 2.75) is 6.92 Å². The van der Waals surface area contributed by atoms with Gasteiger partial charge in [0, 0.05) is 5.56 Å². The summed E-state index contributed by atoms with van der Waals surface area (Å²) in [4.78, 5) is 75.1. The van der Waals surface area contributed by atoms with Crippen LogP contribution in [0, 0.1) is 0 Å². The molecule has 0 unspecified atom stereocenters. The average Bonchev–Trinajstić information content (AvgIpc) is 3.48. The Morgan fingerprint density at radius 1 is 0.587 bits per heavy atom. The van der Waals surface area contributed by atoms with Crippen LogP contribution in [0.3, 0.4) is 0 Å². The summed E-state index contributed by atoms with van der Waals surface area (Å²) in [6.45, 7) is 1.60. The number of nitrogens with zero attached hydrogens (tertiary/aromatic N) is 3. The molecule has 4 aromatic rings. The third-order valence-corrected chi connectivity index (χ3v) is 7.13. The highest BCUT2D eigenvalue weighted by Crippen LogP contribution is 2.24. The Kier molecular flexibility index (Phi) is 9.52. The molecule has 1 N–H and O–H groups in total. The van der Waals surface area contributed by atoms with E-state index in [4.69, 9.17) is 4.74 Å². The molecule has 2 heterocycles. The lowest BCUT2D eigenvalue weighted by Gasteiger charge is -2.16. The van der Waals surface area contributed by atoms with Crippen molar-refractivity contribution in [2.75, 3.05) is 19.7 Å². The molecule has 46 heavy (non-hydrogen) atoms. The highest BCUT2D eigenvalue weighted by atomic mass is 16.5. The molecule has 4 aromatic carbocycles. The molecule has 11 heteroatoms. The van der Waals surface area contributed by atoms with Crippen LogP contribution in [0.25, 0.3) is 0 Å². The molecule has 5 amide bonds. The lowest BCUT2D eigenvalue weighted by atomic mass is 10.1. The zero-order valence-electron chi connectivity index (χ0n) is 24.7. The van der Waals surface area contributed by atoms with Crippen LogP contribution in [-0.4, -0.2) is 70.7 Å². The summed E-state index contributed by atoms with van der Waals surface area (Å²) < 4.78 is 4.79. The zero-order valence-corrected chi connectivity index (χ0v) is 24.7. The van der Waals surface area contributed by atoms with E-state index in [9.17, 15) is 28.8 Å². The number of amides is 5. The van der Waals surface area contributed by atoms with E-state index in [0.717, 1.165) is 9.80 Å². The molecule has 0 aromatic heterocycles. The van der Waals surface area contributed by atoms with Crippen LogP contribution in [0.2, 0.25) is 0 Å². The van der Waals surface area contributed by atoms with Crippen molar-refractivity contribution in [3.05, 3.63) is 143 Å². The molecular formula is C35H28N4O7. The molecular weight excluding hydrogens is 588 g/mol. The number of Topliss-reactive ketones (excluding diaryl/α,β-unsaturated/α-hetero) is 1. The number of carbonyl (C=O) groups excluding carboxylic acids is 6. The van der Waals surface area contributed by atoms with E-state index >= 15 is 0 Å². The summed E-state index contributed by atoms with van der Waals surface area (Å²) in [5.41, 5.74) is 5.27. The normalized spacial score (nSPS) is 13.5. The Balaban J connectivity index is 0.000000187. The van der Waals surface area contributed by atoms with Crippen LogP contribution in [0.5, 0.6) is 0 Å². The minimum absolute atomic E-state index is 0.0667.